The average Bonchev–Trinajstić information content (AvgIpc) is 3.32. The Balaban J connectivity index is 0.943. The summed E-state index contributed by atoms with van der Waals surface area (Å²) < 4.78 is 73.0. The van der Waals surface area contributed by atoms with Gasteiger partial charge < -0.3 is 43.2 Å². The van der Waals surface area contributed by atoms with Crippen LogP contribution in [0.5, 0.6) is 0 Å². The number of hydrogen-bond acceptors (Lipinski definition) is 16. The third-order valence-corrected chi connectivity index (χ3v) is 19.4. The highest BCUT2D eigenvalue weighted by Crippen LogP contribution is 2.61. The predicted octanol–water partition coefficient (Wildman–Crippen LogP) is 6.45. The van der Waals surface area contributed by atoms with Gasteiger partial charge in [-0.15, -0.1) is 11.3 Å². The SMILES string of the molecule is [2H]C([2H])([2H])[C@]1([2H])OC2(C(=O)N[C@@H]3C(=O)N4CCC[C@H](N4)C(=O)OCC(C)(C)Cc4c(-c5cc(N6CCN(C7CC7)CC6)cnc5[C@H](C)OC)n(CCOC5CCOCC5)c5ccc(cc45)-c4csc(n4)[C@H]3N3CC4(COC4)C3)CC1(C)C2. The molecule has 19 heteroatoms. The van der Waals surface area contributed by atoms with Crippen molar-refractivity contribution in [2.75, 3.05) is 97.5 Å². The van der Waals surface area contributed by atoms with Crippen molar-refractivity contribution in [2.24, 2.45) is 16.2 Å². The van der Waals surface area contributed by atoms with E-state index in [2.05, 4.69) is 68.1 Å². The third-order valence-electron chi connectivity index (χ3n) is 18.5. The van der Waals surface area contributed by atoms with E-state index in [0.717, 1.165) is 83.7 Å². The van der Waals surface area contributed by atoms with E-state index < -0.39 is 65.3 Å². The van der Waals surface area contributed by atoms with Crippen molar-refractivity contribution in [1.29, 1.82) is 0 Å². The molecule has 1 spiro atoms. The minimum atomic E-state index is -2.82. The molecule has 0 unspecified atom stereocenters. The Labute approximate surface area is 467 Å². The lowest BCUT2D eigenvalue weighted by atomic mass is 9.61. The van der Waals surface area contributed by atoms with Crippen LogP contribution in [0.15, 0.2) is 35.8 Å². The number of carbonyl (C=O) groups is 3. The van der Waals surface area contributed by atoms with Crippen molar-refractivity contribution in [3.8, 4) is 22.5 Å². The number of nitrogens with zero attached hydrogens (tertiary/aromatic N) is 7. The number of amides is 2. The number of methoxy groups -OCH3 is 1. The molecule has 420 valence electrons. The van der Waals surface area contributed by atoms with Crippen LogP contribution in [0.4, 0.5) is 5.69 Å². The van der Waals surface area contributed by atoms with E-state index in [1.54, 1.807) is 14.0 Å². The Morgan fingerprint density at radius 1 is 1.00 bits per heavy atom. The molecule has 8 bridgehead atoms. The number of anilines is 1. The Kier molecular flexibility index (Phi) is 12.6. The second kappa shape index (κ2) is 20.4. The molecule has 2 amide bonds. The van der Waals surface area contributed by atoms with Crippen LogP contribution in [0.3, 0.4) is 0 Å². The molecule has 0 radical (unpaired) electrons. The van der Waals surface area contributed by atoms with Gasteiger partial charge in [-0.25, -0.2) is 10.4 Å². The molecule has 14 rings (SSSR count). The van der Waals surface area contributed by atoms with E-state index in [-0.39, 0.29) is 43.6 Å². The van der Waals surface area contributed by atoms with Crippen LogP contribution in [-0.4, -0.2) is 176 Å². The summed E-state index contributed by atoms with van der Waals surface area (Å²) in [5.41, 5.74) is 7.26. The molecule has 18 nitrogen and oxygen atoms in total. The first kappa shape index (κ1) is 48.2. The second-order valence-corrected chi connectivity index (χ2v) is 26.0. The normalized spacial score (nSPS) is 32.7. The standard InChI is InChI=1S/C59H79N9O9S/c1-36(72-6)48-43(25-40(27-60-48)65-18-16-64(17-19-65)39-10-11-39)50-44-26-56(3,4)33-76-54(70)45-8-7-15-68(63-45)53(69)49(62-55(71)59-29-57(5,30-59)37(2)77-59)51(66-31-58(32-66)34-74-35-58)52-61-46(28-78-52)38-9-12-47(42(44)24-38)67(50)20-23-75-41-13-21-73-22-14-41/h9,12,24-25,27-28,36-37,39,41,45,49,51,63H,7-8,10-11,13-23,26,29-35H2,1-6H3,(H,62,71)/t36-,37-,45-,49-,51-,57?,59?/m0/s1/i2D3,37D. The minimum Gasteiger partial charge on any atom is -0.464 e. The molecule has 2 saturated carbocycles. The highest BCUT2D eigenvalue weighted by Gasteiger charge is 2.68. The van der Waals surface area contributed by atoms with Gasteiger partial charge in [0.05, 0.1) is 81.1 Å². The van der Waals surface area contributed by atoms with Crippen LogP contribution < -0.4 is 15.6 Å². The molecule has 8 aliphatic heterocycles. The summed E-state index contributed by atoms with van der Waals surface area (Å²) in [6.45, 7) is 13.9. The summed E-state index contributed by atoms with van der Waals surface area (Å²) in [5, 5.41) is 8.17. The Bertz CT molecular complexity index is 3100. The summed E-state index contributed by atoms with van der Waals surface area (Å²) in [6, 6.07) is 6.57. The lowest BCUT2D eigenvalue weighted by molar-refractivity contribution is -0.203. The highest BCUT2D eigenvalue weighted by atomic mass is 32.1. The number of ether oxygens (including phenoxy) is 6. The van der Waals surface area contributed by atoms with Gasteiger partial charge in [-0.2, -0.15) is 0 Å². The van der Waals surface area contributed by atoms with Crippen LogP contribution in [0.2, 0.25) is 0 Å². The molecular weight excluding hydrogens is 1010 g/mol. The fourth-order valence-electron chi connectivity index (χ4n) is 13.8. The van der Waals surface area contributed by atoms with E-state index in [1.165, 1.54) is 29.2 Å². The number of hydrazine groups is 1. The van der Waals surface area contributed by atoms with E-state index >= 15 is 4.79 Å². The molecule has 5 atom stereocenters. The highest BCUT2D eigenvalue weighted by molar-refractivity contribution is 7.10. The molecule has 9 fully saturated rings. The van der Waals surface area contributed by atoms with E-state index in [0.29, 0.717) is 88.7 Å². The lowest BCUT2D eigenvalue weighted by Crippen LogP contribution is -2.70. The summed E-state index contributed by atoms with van der Waals surface area (Å²) in [6.07, 6.45) is 5.10. The first-order valence-electron chi connectivity index (χ1n) is 30.6. The number of likely N-dealkylation sites (tertiary alicyclic amines) is 1. The van der Waals surface area contributed by atoms with Crippen LogP contribution in [0, 0.1) is 16.2 Å². The smallest absolute Gasteiger partial charge is 0.324 e. The molecular formula is C59H79N9O9S. The summed E-state index contributed by atoms with van der Waals surface area (Å²) in [4.78, 5) is 62.9. The van der Waals surface area contributed by atoms with Gasteiger partial charge in [0.25, 0.3) is 11.8 Å². The van der Waals surface area contributed by atoms with Gasteiger partial charge >= 0.3 is 5.97 Å². The summed E-state index contributed by atoms with van der Waals surface area (Å²) in [7, 11) is 1.72. The van der Waals surface area contributed by atoms with Crippen molar-refractivity contribution in [3.05, 3.63) is 52.1 Å². The van der Waals surface area contributed by atoms with Crippen molar-refractivity contribution in [3.63, 3.8) is 0 Å². The average molecular weight is 1090 g/mol. The zero-order valence-corrected chi connectivity index (χ0v) is 46.7. The molecule has 4 aromatic rings. The molecule has 2 aliphatic carbocycles. The minimum absolute atomic E-state index is 0.0142. The second-order valence-electron chi connectivity index (χ2n) is 25.1. The van der Waals surface area contributed by atoms with E-state index in [1.807, 2.05) is 18.5 Å². The van der Waals surface area contributed by atoms with Crippen LogP contribution in [0.25, 0.3) is 33.4 Å². The van der Waals surface area contributed by atoms with Gasteiger partial charge in [-0.05, 0) is 95.3 Å². The van der Waals surface area contributed by atoms with Gasteiger partial charge in [0.2, 0.25) is 0 Å². The quantitative estimate of drug-likeness (QED) is 0.148. The Hall–Kier alpha value is -4.57. The topological polar surface area (TPSA) is 174 Å². The summed E-state index contributed by atoms with van der Waals surface area (Å²) in [5.74, 6) is -1.62. The molecule has 78 heavy (non-hydrogen) atoms. The first-order valence-corrected chi connectivity index (χ1v) is 29.5. The van der Waals surface area contributed by atoms with Crippen LogP contribution >= 0.6 is 11.3 Å². The number of aromatic nitrogens is 3. The number of pyridine rings is 1. The number of rotatable bonds is 12. The van der Waals surface area contributed by atoms with Crippen molar-refractivity contribution < 1.29 is 48.3 Å². The lowest BCUT2D eigenvalue weighted by Gasteiger charge is -2.58. The van der Waals surface area contributed by atoms with E-state index in [9.17, 15) is 9.59 Å². The molecule has 1 aromatic carbocycles. The molecule has 7 saturated heterocycles. The molecule has 2 N–H and O–H groups in total. The van der Waals surface area contributed by atoms with Crippen molar-refractivity contribution >= 4 is 45.7 Å². The van der Waals surface area contributed by atoms with Crippen molar-refractivity contribution in [1.82, 2.24) is 40.1 Å². The maximum Gasteiger partial charge on any atom is 0.324 e. The number of thiazole rings is 1. The third kappa shape index (κ3) is 9.67. The number of cyclic esters (lactones) is 1. The number of benzene rings is 1. The van der Waals surface area contributed by atoms with Gasteiger partial charge in [-0.3, -0.25) is 34.2 Å². The van der Waals surface area contributed by atoms with Gasteiger partial charge in [-0.1, -0.05) is 26.8 Å². The zero-order chi connectivity index (χ0) is 57.1. The fraction of sp³-hybridized carbons (Fsp3) is 0.678. The summed E-state index contributed by atoms with van der Waals surface area (Å²) >= 11 is 1.41. The number of carbonyl (C=O) groups excluding carboxylic acids is 3. The zero-order valence-electron chi connectivity index (χ0n) is 49.9. The molecule has 11 heterocycles. The Morgan fingerprint density at radius 2 is 1.79 bits per heavy atom. The van der Waals surface area contributed by atoms with Crippen LogP contribution in [-0.2, 0) is 55.8 Å². The fourth-order valence-corrected chi connectivity index (χ4v) is 14.8. The molecule has 3 aromatic heterocycles. The number of nitrogens with one attached hydrogen (secondary N) is 2. The Morgan fingerprint density at radius 3 is 2.51 bits per heavy atom. The first-order chi connectivity index (χ1) is 39.2. The molecule has 10 aliphatic rings. The van der Waals surface area contributed by atoms with E-state index in [4.69, 9.17) is 43.9 Å². The monoisotopic (exact) mass is 1090 g/mol. The number of esters is 1. The maximum absolute atomic E-state index is 15.5. The van der Waals surface area contributed by atoms with Gasteiger partial charge in [0, 0.05) is 126 Å². The largest absolute Gasteiger partial charge is 0.464 e. The maximum atomic E-state index is 15.5. The number of piperazine rings is 1. The van der Waals surface area contributed by atoms with Crippen molar-refractivity contribution in [2.45, 2.75) is 147 Å². The number of hydrogen-bond donors (Lipinski definition) is 2. The van der Waals surface area contributed by atoms with Crippen LogP contribution in [0.1, 0.15) is 120 Å². The predicted molar refractivity (Wildman–Crippen MR) is 295 cm³/mol. The van der Waals surface area contributed by atoms with Gasteiger partial charge in [0.1, 0.15) is 22.7 Å². The number of fused-ring (bicyclic) bond motifs is 7. The van der Waals surface area contributed by atoms with Gasteiger partial charge in [0.15, 0.2) is 0 Å².